The lowest BCUT2D eigenvalue weighted by Gasteiger charge is -2.13. The SMILES string of the molecule is Oc1c(O)c(-c2c(F)c(F)c(F)c(F)c2F)c(F)c(F)c1F. The van der Waals surface area contributed by atoms with Crippen LogP contribution in [-0.2, 0) is 0 Å². The van der Waals surface area contributed by atoms with E-state index in [0.717, 1.165) is 0 Å². The molecule has 2 N–H and O–H groups in total. The molecule has 0 fully saturated rings. The van der Waals surface area contributed by atoms with E-state index in [9.17, 15) is 40.2 Å². The van der Waals surface area contributed by atoms with Crippen LogP contribution in [-0.4, -0.2) is 10.2 Å². The Labute approximate surface area is 115 Å². The van der Waals surface area contributed by atoms with Gasteiger partial charge in [-0.25, -0.2) is 30.7 Å². The molecule has 2 nitrogen and oxygen atoms in total. The molecule has 2 aromatic carbocycles. The number of rotatable bonds is 1. The Bertz CT molecular complexity index is 677. The number of benzene rings is 2. The van der Waals surface area contributed by atoms with Gasteiger partial charge in [0, 0.05) is 0 Å². The smallest absolute Gasteiger partial charge is 0.207 e. The highest BCUT2D eigenvalue weighted by atomic mass is 19.2. The summed E-state index contributed by atoms with van der Waals surface area (Å²) in [6, 6.07) is 0. The summed E-state index contributed by atoms with van der Waals surface area (Å²) in [5.41, 5.74) is -3.97. The molecule has 0 spiro atoms. The van der Waals surface area contributed by atoms with Crippen molar-refractivity contribution < 1.29 is 45.3 Å². The molecule has 0 aliphatic heterocycles. The van der Waals surface area contributed by atoms with Crippen molar-refractivity contribution in [2.75, 3.05) is 0 Å². The zero-order chi connectivity index (χ0) is 16.9. The summed E-state index contributed by atoms with van der Waals surface area (Å²) in [6.45, 7) is 0. The maximum Gasteiger partial charge on any atom is 0.207 e. The highest BCUT2D eigenvalue weighted by Crippen LogP contribution is 2.44. The lowest BCUT2D eigenvalue weighted by atomic mass is 10.0. The standard InChI is InChI=1S/C12H2F8O2/c13-3-1(4(14)7(17)9(19)6(3)16)2-5(15)8(18)10(20)12(22)11(2)21/h21-22H. The minimum Gasteiger partial charge on any atom is -0.504 e. The van der Waals surface area contributed by atoms with Crippen molar-refractivity contribution in [3.05, 3.63) is 46.5 Å². The molecule has 10 heteroatoms. The lowest BCUT2D eigenvalue weighted by molar-refractivity contribution is 0.349. The van der Waals surface area contributed by atoms with E-state index in [0.29, 0.717) is 0 Å². The fourth-order valence-electron chi connectivity index (χ4n) is 1.69. The third-order valence-electron chi connectivity index (χ3n) is 2.73. The van der Waals surface area contributed by atoms with Gasteiger partial charge in [0.25, 0.3) is 0 Å². The van der Waals surface area contributed by atoms with Crippen LogP contribution in [0.15, 0.2) is 0 Å². The molecule has 0 aliphatic rings. The van der Waals surface area contributed by atoms with Gasteiger partial charge in [-0.15, -0.1) is 0 Å². The predicted molar refractivity (Wildman–Crippen MR) is 54.9 cm³/mol. The molecule has 0 radical (unpaired) electrons. The Kier molecular flexibility index (Phi) is 3.63. The summed E-state index contributed by atoms with van der Waals surface area (Å²) in [6.07, 6.45) is 0. The van der Waals surface area contributed by atoms with Crippen LogP contribution in [0.1, 0.15) is 0 Å². The van der Waals surface area contributed by atoms with Crippen LogP contribution in [0.3, 0.4) is 0 Å². The summed E-state index contributed by atoms with van der Waals surface area (Å²) in [7, 11) is 0. The fraction of sp³-hybridized carbons (Fsp3) is 0. The molecule has 0 bridgehead atoms. The summed E-state index contributed by atoms with van der Waals surface area (Å²) in [5.74, 6) is -23.9. The zero-order valence-corrected chi connectivity index (χ0v) is 9.92. The number of hydrogen-bond acceptors (Lipinski definition) is 2. The van der Waals surface area contributed by atoms with E-state index in [-0.39, 0.29) is 0 Å². The van der Waals surface area contributed by atoms with E-state index in [4.69, 9.17) is 5.11 Å². The van der Waals surface area contributed by atoms with Crippen LogP contribution in [0.2, 0.25) is 0 Å². The van der Waals surface area contributed by atoms with Crippen molar-refractivity contribution >= 4 is 0 Å². The molecule has 118 valence electrons. The molecular formula is C12H2F8O2. The minimum atomic E-state index is -2.59. The largest absolute Gasteiger partial charge is 0.504 e. The van der Waals surface area contributed by atoms with Crippen molar-refractivity contribution in [2.24, 2.45) is 0 Å². The molecule has 22 heavy (non-hydrogen) atoms. The number of phenolic OH excluding ortho intramolecular Hbond substituents is 2. The molecule has 0 unspecified atom stereocenters. The molecule has 0 amide bonds. The van der Waals surface area contributed by atoms with E-state index in [1.807, 2.05) is 0 Å². The molecule has 0 atom stereocenters. The summed E-state index contributed by atoms with van der Waals surface area (Å²) in [4.78, 5) is 0. The zero-order valence-electron chi connectivity index (χ0n) is 9.92. The van der Waals surface area contributed by atoms with Crippen molar-refractivity contribution in [2.45, 2.75) is 0 Å². The van der Waals surface area contributed by atoms with Crippen molar-refractivity contribution in [3.63, 3.8) is 0 Å². The van der Waals surface area contributed by atoms with Gasteiger partial charge in [0.05, 0.1) is 11.1 Å². The number of halogens is 8. The molecule has 2 rings (SSSR count). The Hall–Kier alpha value is -2.52. The van der Waals surface area contributed by atoms with Gasteiger partial charge in [-0.2, -0.15) is 4.39 Å². The number of aromatic hydroxyl groups is 2. The number of hydrogen-bond donors (Lipinski definition) is 2. The van der Waals surface area contributed by atoms with Crippen LogP contribution in [0.25, 0.3) is 11.1 Å². The first kappa shape index (κ1) is 15.9. The van der Waals surface area contributed by atoms with Crippen LogP contribution >= 0.6 is 0 Å². The second kappa shape index (κ2) is 5.04. The fourth-order valence-corrected chi connectivity index (χ4v) is 1.69. The highest BCUT2D eigenvalue weighted by molar-refractivity contribution is 5.75. The van der Waals surface area contributed by atoms with Gasteiger partial charge >= 0.3 is 0 Å². The first-order chi connectivity index (χ1) is 10.1. The van der Waals surface area contributed by atoms with Gasteiger partial charge in [0.1, 0.15) is 0 Å². The first-order valence-electron chi connectivity index (χ1n) is 5.21. The summed E-state index contributed by atoms with van der Waals surface area (Å²) < 4.78 is 106. The van der Waals surface area contributed by atoms with Crippen LogP contribution in [0.5, 0.6) is 11.5 Å². The van der Waals surface area contributed by atoms with Gasteiger partial charge < -0.3 is 10.2 Å². The van der Waals surface area contributed by atoms with Crippen molar-refractivity contribution in [1.82, 2.24) is 0 Å². The van der Waals surface area contributed by atoms with Crippen molar-refractivity contribution in [3.8, 4) is 22.6 Å². The Morgan fingerprint density at radius 1 is 0.364 bits per heavy atom. The quantitative estimate of drug-likeness (QED) is 0.361. The predicted octanol–water partition coefficient (Wildman–Crippen LogP) is 3.88. The van der Waals surface area contributed by atoms with Crippen LogP contribution in [0, 0.1) is 46.5 Å². The monoisotopic (exact) mass is 330 g/mol. The molecular weight excluding hydrogens is 328 g/mol. The Balaban J connectivity index is 3.03. The molecule has 0 aliphatic carbocycles. The third-order valence-corrected chi connectivity index (χ3v) is 2.73. The van der Waals surface area contributed by atoms with Gasteiger partial charge in [-0.3, -0.25) is 0 Å². The molecule has 2 aromatic rings. The van der Waals surface area contributed by atoms with Crippen LogP contribution < -0.4 is 0 Å². The second-order valence-corrected chi connectivity index (χ2v) is 3.96. The van der Waals surface area contributed by atoms with Crippen molar-refractivity contribution in [1.29, 1.82) is 0 Å². The summed E-state index contributed by atoms with van der Waals surface area (Å²) in [5, 5.41) is 18.3. The summed E-state index contributed by atoms with van der Waals surface area (Å²) >= 11 is 0. The molecule has 0 saturated carbocycles. The Morgan fingerprint density at radius 2 is 0.682 bits per heavy atom. The second-order valence-electron chi connectivity index (χ2n) is 3.96. The van der Waals surface area contributed by atoms with E-state index in [1.54, 1.807) is 0 Å². The molecule has 0 aromatic heterocycles. The van der Waals surface area contributed by atoms with Gasteiger partial charge in [-0.05, 0) is 0 Å². The van der Waals surface area contributed by atoms with E-state index >= 15 is 0 Å². The maximum absolute atomic E-state index is 13.6. The molecule has 0 saturated heterocycles. The first-order valence-corrected chi connectivity index (χ1v) is 5.21. The van der Waals surface area contributed by atoms with Gasteiger partial charge in [-0.1, -0.05) is 0 Å². The van der Waals surface area contributed by atoms with Crippen LogP contribution in [0.4, 0.5) is 35.1 Å². The minimum absolute atomic E-state index is 1.91. The lowest BCUT2D eigenvalue weighted by Crippen LogP contribution is -2.06. The van der Waals surface area contributed by atoms with E-state index < -0.39 is 69.2 Å². The van der Waals surface area contributed by atoms with E-state index in [1.165, 1.54) is 0 Å². The number of phenols is 2. The normalized spacial score (nSPS) is 11.1. The topological polar surface area (TPSA) is 40.5 Å². The molecule has 0 heterocycles. The average Bonchev–Trinajstić information content (AvgIpc) is 2.50. The van der Waals surface area contributed by atoms with E-state index in [2.05, 4.69) is 0 Å². The third kappa shape index (κ3) is 1.94. The Morgan fingerprint density at radius 3 is 1.14 bits per heavy atom. The van der Waals surface area contributed by atoms with Gasteiger partial charge in [0.15, 0.2) is 46.4 Å². The maximum atomic E-state index is 13.6. The average molecular weight is 330 g/mol. The van der Waals surface area contributed by atoms with Gasteiger partial charge in [0.2, 0.25) is 11.6 Å². The highest BCUT2D eigenvalue weighted by Gasteiger charge is 2.33.